The second-order valence-electron chi connectivity index (χ2n) is 4.11. The highest BCUT2D eigenvalue weighted by Gasteiger charge is 2.08. The number of likely N-dealkylation sites (N-methyl/N-ethyl adjacent to an activating group) is 1. The molecule has 0 N–H and O–H groups in total. The molecule has 0 fully saturated rings. The molecule has 19 heavy (non-hydrogen) atoms. The van der Waals surface area contributed by atoms with E-state index in [-0.39, 0.29) is 5.91 Å². The molecule has 0 bridgehead atoms. The molecule has 5 heteroatoms. The summed E-state index contributed by atoms with van der Waals surface area (Å²) in [5.41, 5.74) is 0. The maximum absolute atomic E-state index is 11.7. The molecule has 0 aliphatic heterocycles. The Morgan fingerprint density at radius 1 is 1.32 bits per heavy atom. The predicted octanol–water partition coefficient (Wildman–Crippen LogP) is 2.55. The Balaban J connectivity index is 2.35. The van der Waals surface area contributed by atoms with Crippen molar-refractivity contribution in [2.24, 2.45) is 0 Å². The molecule has 1 aromatic carbocycles. The number of para-hydroxylation sites is 2. The molecule has 0 aliphatic rings. The topological polar surface area (TPSA) is 38.8 Å². The number of carbonyl (C=O) groups is 1. The lowest BCUT2D eigenvalue weighted by molar-refractivity contribution is -0.130. The molecule has 1 amide bonds. The third kappa shape index (κ3) is 5.39. The normalized spacial score (nSPS) is 10.1. The summed E-state index contributed by atoms with van der Waals surface area (Å²) in [4.78, 5) is 13.3. The lowest BCUT2D eigenvalue weighted by Gasteiger charge is -2.18. The zero-order valence-electron chi connectivity index (χ0n) is 11.4. The van der Waals surface area contributed by atoms with Gasteiger partial charge >= 0.3 is 0 Å². The molecule has 0 saturated carbocycles. The van der Waals surface area contributed by atoms with Crippen LogP contribution in [0.15, 0.2) is 24.3 Å². The van der Waals surface area contributed by atoms with E-state index in [4.69, 9.17) is 21.1 Å². The van der Waals surface area contributed by atoms with Gasteiger partial charge in [-0.3, -0.25) is 4.79 Å². The zero-order chi connectivity index (χ0) is 14.1. The van der Waals surface area contributed by atoms with Gasteiger partial charge < -0.3 is 14.4 Å². The first kappa shape index (κ1) is 15.6. The van der Waals surface area contributed by atoms with Gasteiger partial charge in [0.2, 0.25) is 5.91 Å². The highest BCUT2D eigenvalue weighted by molar-refractivity contribution is 6.17. The second kappa shape index (κ2) is 8.64. The maximum Gasteiger partial charge on any atom is 0.222 e. The molecule has 106 valence electrons. The van der Waals surface area contributed by atoms with Crippen molar-refractivity contribution < 1.29 is 14.3 Å². The van der Waals surface area contributed by atoms with Gasteiger partial charge in [-0.1, -0.05) is 12.1 Å². The average Bonchev–Trinajstić information content (AvgIpc) is 2.45. The Morgan fingerprint density at radius 3 is 2.63 bits per heavy atom. The van der Waals surface area contributed by atoms with Gasteiger partial charge in [-0.15, -0.1) is 11.6 Å². The first-order valence-corrected chi connectivity index (χ1v) is 6.78. The summed E-state index contributed by atoms with van der Waals surface area (Å²) < 4.78 is 10.8. The zero-order valence-corrected chi connectivity index (χ0v) is 12.2. The van der Waals surface area contributed by atoms with Gasteiger partial charge in [0.05, 0.1) is 13.7 Å². The van der Waals surface area contributed by atoms with E-state index in [2.05, 4.69) is 0 Å². The summed E-state index contributed by atoms with van der Waals surface area (Å²) >= 11 is 5.56. The van der Waals surface area contributed by atoms with Crippen LogP contribution in [-0.4, -0.2) is 44.0 Å². The minimum Gasteiger partial charge on any atom is -0.493 e. The molecule has 0 spiro atoms. The van der Waals surface area contributed by atoms with Crippen LogP contribution in [0.1, 0.15) is 12.8 Å². The molecular weight excluding hydrogens is 266 g/mol. The lowest BCUT2D eigenvalue weighted by atomic mass is 10.3. The number of methoxy groups -OCH3 is 1. The number of halogens is 1. The van der Waals surface area contributed by atoms with Crippen molar-refractivity contribution in [3.05, 3.63) is 24.3 Å². The van der Waals surface area contributed by atoms with Crippen LogP contribution in [0, 0.1) is 0 Å². The Morgan fingerprint density at radius 2 is 2.00 bits per heavy atom. The summed E-state index contributed by atoms with van der Waals surface area (Å²) in [6, 6.07) is 7.44. The smallest absolute Gasteiger partial charge is 0.222 e. The number of ether oxygens (including phenoxy) is 2. The standard InChI is InChI=1S/C14H20ClNO3/c1-16(14(17)8-5-9-15)10-11-19-13-7-4-3-6-12(13)18-2/h3-4,6-7H,5,8-11H2,1-2H3. The second-order valence-corrected chi connectivity index (χ2v) is 4.49. The fourth-order valence-corrected chi connectivity index (χ4v) is 1.70. The number of hydrogen-bond donors (Lipinski definition) is 0. The quantitative estimate of drug-likeness (QED) is 0.689. The molecule has 1 rings (SSSR count). The van der Waals surface area contributed by atoms with Crippen molar-refractivity contribution in [3.8, 4) is 11.5 Å². The monoisotopic (exact) mass is 285 g/mol. The minimum atomic E-state index is 0.0873. The number of benzene rings is 1. The summed E-state index contributed by atoms with van der Waals surface area (Å²) in [5.74, 6) is 1.98. The first-order chi connectivity index (χ1) is 9.19. The van der Waals surface area contributed by atoms with Gasteiger partial charge in [-0.2, -0.15) is 0 Å². The van der Waals surface area contributed by atoms with E-state index in [0.717, 1.165) is 0 Å². The highest BCUT2D eigenvalue weighted by Crippen LogP contribution is 2.25. The van der Waals surface area contributed by atoms with E-state index in [1.165, 1.54) is 0 Å². The van der Waals surface area contributed by atoms with Crippen LogP contribution < -0.4 is 9.47 Å². The first-order valence-electron chi connectivity index (χ1n) is 6.24. The SMILES string of the molecule is COc1ccccc1OCCN(C)C(=O)CCCCl. The van der Waals surface area contributed by atoms with E-state index >= 15 is 0 Å². The molecule has 1 aromatic rings. The third-order valence-corrected chi connectivity index (χ3v) is 2.97. The molecule has 0 heterocycles. The fourth-order valence-electron chi connectivity index (χ4n) is 1.56. The fraction of sp³-hybridized carbons (Fsp3) is 0.500. The van der Waals surface area contributed by atoms with E-state index in [9.17, 15) is 4.79 Å². The van der Waals surface area contributed by atoms with Crippen LogP contribution in [0.25, 0.3) is 0 Å². The lowest BCUT2D eigenvalue weighted by Crippen LogP contribution is -2.30. The van der Waals surface area contributed by atoms with Gasteiger partial charge in [0, 0.05) is 19.3 Å². The molecule has 4 nitrogen and oxygen atoms in total. The number of rotatable bonds is 8. The number of carbonyl (C=O) groups excluding carboxylic acids is 1. The van der Waals surface area contributed by atoms with Crippen molar-refractivity contribution >= 4 is 17.5 Å². The van der Waals surface area contributed by atoms with E-state index in [0.29, 0.717) is 43.4 Å². The van der Waals surface area contributed by atoms with Crippen LogP contribution in [0.4, 0.5) is 0 Å². The van der Waals surface area contributed by atoms with Crippen molar-refractivity contribution in [3.63, 3.8) is 0 Å². The van der Waals surface area contributed by atoms with Crippen LogP contribution in [0.3, 0.4) is 0 Å². The average molecular weight is 286 g/mol. The van der Waals surface area contributed by atoms with Crippen molar-refractivity contribution in [1.82, 2.24) is 4.90 Å². The van der Waals surface area contributed by atoms with Gasteiger partial charge in [-0.25, -0.2) is 0 Å². The Kier molecular flexibility index (Phi) is 7.11. The largest absolute Gasteiger partial charge is 0.493 e. The van der Waals surface area contributed by atoms with Gasteiger partial charge in [-0.05, 0) is 18.6 Å². The van der Waals surface area contributed by atoms with E-state index < -0.39 is 0 Å². The van der Waals surface area contributed by atoms with Crippen molar-refractivity contribution in [2.75, 3.05) is 33.2 Å². The van der Waals surface area contributed by atoms with Crippen LogP contribution >= 0.6 is 11.6 Å². The van der Waals surface area contributed by atoms with E-state index in [1.54, 1.807) is 19.1 Å². The number of nitrogens with zero attached hydrogens (tertiary/aromatic N) is 1. The van der Waals surface area contributed by atoms with Gasteiger partial charge in [0.15, 0.2) is 11.5 Å². The Bertz CT molecular complexity index is 398. The molecule has 0 aromatic heterocycles. The molecule has 0 unspecified atom stereocenters. The molecule has 0 aliphatic carbocycles. The molecular formula is C14H20ClNO3. The Hall–Kier alpha value is -1.42. The minimum absolute atomic E-state index is 0.0873. The molecule has 0 atom stereocenters. The summed E-state index contributed by atoms with van der Waals surface area (Å²) in [6.45, 7) is 0.975. The summed E-state index contributed by atoms with van der Waals surface area (Å²) in [5, 5.41) is 0. The van der Waals surface area contributed by atoms with Crippen molar-refractivity contribution in [1.29, 1.82) is 0 Å². The number of hydrogen-bond acceptors (Lipinski definition) is 3. The van der Waals surface area contributed by atoms with E-state index in [1.807, 2.05) is 24.3 Å². The van der Waals surface area contributed by atoms with Gasteiger partial charge in [0.25, 0.3) is 0 Å². The van der Waals surface area contributed by atoms with Gasteiger partial charge in [0.1, 0.15) is 6.61 Å². The predicted molar refractivity (Wildman–Crippen MR) is 76.1 cm³/mol. The Labute approximate surface area is 119 Å². The molecule has 0 radical (unpaired) electrons. The molecule has 0 saturated heterocycles. The van der Waals surface area contributed by atoms with Crippen LogP contribution in [0.5, 0.6) is 11.5 Å². The van der Waals surface area contributed by atoms with Crippen LogP contribution in [0.2, 0.25) is 0 Å². The third-order valence-electron chi connectivity index (χ3n) is 2.70. The summed E-state index contributed by atoms with van der Waals surface area (Å²) in [7, 11) is 3.37. The number of amides is 1. The maximum atomic E-state index is 11.7. The van der Waals surface area contributed by atoms with Crippen LogP contribution in [-0.2, 0) is 4.79 Å². The summed E-state index contributed by atoms with van der Waals surface area (Å²) in [6.07, 6.45) is 1.19. The van der Waals surface area contributed by atoms with Crippen molar-refractivity contribution in [2.45, 2.75) is 12.8 Å². The highest BCUT2D eigenvalue weighted by atomic mass is 35.5. The number of alkyl halides is 1.